The number of nitrogens with zero attached hydrogens (tertiary/aromatic N) is 2. The maximum atomic E-state index is 12.1. The highest BCUT2D eigenvalue weighted by Gasteiger charge is 2.40. The van der Waals surface area contributed by atoms with Gasteiger partial charge in [0, 0.05) is 19.6 Å². The number of amides is 1. The summed E-state index contributed by atoms with van der Waals surface area (Å²) in [5.41, 5.74) is -0.734. The molecule has 0 aromatic carbocycles. The molecule has 0 aliphatic carbocycles. The summed E-state index contributed by atoms with van der Waals surface area (Å²) in [4.78, 5) is 26.8. The first-order chi connectivity index (χ1) is 8.92. The fraction of sp³-hybridized carbons (Fsp3) is 0.571. The summed E-state index contributed by atoms with van der Waals surface area (Å²) >= 11 is 0. The van der Waals surface area contributed by atoms with Gasteiger partial charge in [-0.2, -0.15) is 0 Å². The second-order valence-corrected chi connectivity index (χ2v) is 5.20. The van der Waals surface area contributed by atoms with E-state index in [4.69, 9.17) is 5.11 Å². The van der Waals surface area contributed by atoms with Crippen LogP contribution in [0.25, 0.3) is 0 Å². The zero-order valence-corrected chi connectivity index (χ0v) is 11.5. The van der Waals surface area contributed by atoms with Crippen LogP contribution in [-0.4, -0.2) is 59.5 Å². The van der Waals surface area contributed by atoms with Gasteiger partial charge in [0.15, 0.2) is 0 Å². The van der Waals surface area contributed by atoms with E-state index in [1.54, 1.807) is 24.0 Å². The fourth-order valence-electron chi connectivity index (χ4n) is 2.25. The zero-order valence-electron chi connectivity index (χ0n) is 11.5. The van der Waals surface area contributed by atoms with Crippen molar-refractivity contribution in [3.8, 4) is 0 Å². The molecule has 5 heteroatoms. The molecule has 1 rings (SSSR count). The number of carboxylic acids is 1. The van der Waals surface area contributed by atoms with Crippen LogP contribution in [-0.2, 0) is 9.59 Å². The molecular formula is C14H22N2O3. The monoisotopic (exact) mass is 266 g/mol. The third-order valence-electron chi connectivity index (χ3n) is 3.48. The van der Waals surface area contributed by atoms with Crippen molar-refractivity contribution in [2.24, 2.45) is 5.41 Å². The summed E-state index contributed by atoms with van der Waals surface area (Å²) in [6.45, 7) is 11.3. The average molecular weight is 266 g/mol. The number of carbonyl (C=O) groups excluding carboxylic acids is 1. The molecule has 1 saturated heterocycles. The molecule has 5 nitrogen and oxygen atoms in total. The maximum Gasteiger partial charge on any atom is 0.310 e. The summed E-state index contributed by atoms with van der Waals surface area (Å²) in [6, 6.07) is 0. The molecule has 1 unspecified atom stereocenters. The van der Waals surface area contributed by atoms with Crippen molar-refractivity contribution in [1.29, 1.82) is 0 Å². The number of likely N-dealkylation sites (tertiary alicyclic amines) is 1. The van der Waals surface area contributed by atoms with E-state index < -0.39 is 11.4 Å². The molecule has 1 atom stereocenters. The highest BCUT2D eigenvalue weighted by Crippen LogP contribution is 2.29. The number of aliphatic carboxylic acids is 1. The molecule has 1 aliphatic heterocycles. The number of carbonyl (C=O) groups is 2. The molecule has 1 fully saturated rings. The molecule has 0 bridgehead atoms. The Bertz CT molecular complexity index is 371. The van der Waals surface area contributed by atoms with E-state index >= 15 is 0 Å². The maximum absolute atomic E-state index is 12.1. The van der Waals surface area contributed by atoms with Crippen molar-refractivity contribution in [3.05, 3.63) is 25.3 Å². The van der Waals surface area contributed by atoms with Gasteiger partial charge < -0.3 is 10.0 Å². The van der Waals surface area contributed by atoms with Crippen LogP contribution in [0.1, 0.15) is 13.3 Å². The average Bonchev–Trinajstić information content (AvgIpc) is 2.72. The van der Waals surface area contributed by atoms with E-state index in [0.29, 0.717) is 32.6 Å². The summed E-state index contributed by atoms with van der Waals surface area (Å²) in [5, 5.41) is 9.15. The summed E-state index contributed by atoms with van der Waals surface area (Å²) in [7, 11) is 0. The van der Waals surface area contributed by atoms with Crippen LogP contribution in [0.2, 0.25) is 0 Å². The van der Waals surface area contributed by atoms with Crippen LogP contribution >= 0.6 is 0 Å². The number of hydrogen-bond acceptors (Lipinski definition) is 3. The first kappa shape index (κ1) is 15.4. The minimum absolute atomic E-state index is 0.0190. The molecule has 0 radical (unpaired) electrons. The van der Waals surface area contributed by atoms with Gasteiger partial charge in [0.2, 0.25) is 5.91 Å². The van der Waals surface area contributed by atoms with Gasteiger partial charge in [-0.1, -0.05) is 12.2 Å². The first-order valence-corrected chi connectivity index (χ1v) is 6.38. The third-order valence-corrected chi connectivity index (χ3v) is 3.48. The van der Waals surface area contributed by atoms with E-state index in [2.05, 4.69) is 13.2 Å². The molecule has 1 amide bonds. The number of hydrogen-bond donors (Lipinski definition) is 1. The van der Waals surface area contributed by atoms with Gasteiger partial charge in [-0.25, -0.2) is 0 Å². The van der Waals surface area contributed by atoms with Crippen molar-refractivity contribution in [2.75, 3.05) is 32.7 Å². The van der Waals surface area contributed by atoms with Gasteiger partial charge in [-0.3, -0.25) is 14.5 Å². The van der Waals surface area contributed by atoms with E-state index in [1.165, 1.54) is 0 Å². The highest BCUT2D eigenvalue weighted by molar-refractivity contribution is 5.79. The molecule has 1 aliphatic rings. The van der Waals surface area contributed by atoms with Crippen molar-refractivity contribution < 1.29 is 14.7 Å². The van der Waals surface area contributed by atoms with Gasteiger partial charge in [-0.15, -0.1) is 13.2 Å². The van der Waals surface area contributed by atoms with Crippen molar-refractivity contribution in [1.82, 2.24) is 9.80 Å². The second-order valence-electron chi connectivity index (χ2n) is 5.20. The Labute approximate surface area is 114 Å². The zero-order chi connectivity index (χ0) is 14.5. The summed E-state index contributed by atoms with van der Waals surface area (Å²) in [5.74, 6) is -0.814. The van der Waals surface area contributed by atoms with E-state index in [-0.39, 0.29) is 12.5 Å². The van der Waals surface area contributed by atoms with Crippen LogP contribution in [0, 0.1) is 5.41 Å². The third kappa shape index (κ3) is 3.92. The van der Waals surface area contributed by atoms with E-state index in [9.17, 15) is 9.59 Å². The standard InChI is InChI=1S/C14H22N2O3/c1-4-7-16(8-5-2)12(17)10-15-9-6-14(3,11-15)13(18)19/h4-5H,1-2,6-11H2,3H3,(H,18,19). The van der Waals surface area contributed by atoms with Crippen molar-refractivity contribution in [2.45, 2.75) is 13.3 Å². The minimum Gasteiger partial charge on any atom is -0.481 e. The van der Waals surface area contributed by atoms with Gasteiger partial charge in [0.05, 0.1) is 12.0 Å². The topological polar surface area (TPSA) is 60.9 Å². The quantitative estimate of drug-likeness (QED) is 0.698. The molecule has 0 saturated carbocycles. The lowest BCUT2D eigenvalue weighted by Crippen LogP contribution is -2.41. The molecule has 106 valence electrons. The smallest absolute Gasteiger partial charge is 0.310 e. The Hall–Kier alpha value is -1.62. The molecule has 19 heavy (non-hydrogen) atoms. The lowest BCUT2D eigenvalue weighted by atomic mass is 9.90. The van der Waals surface area contributed by atoms with Crippen LogP contribution < -0.4 is 0 Å². The molecule has 0 aromatic rings. The molecule has 1 N–H and O–H groups in total. The Morgan fingerprint density at radius 2 is 1.95 bits per heavy atom. The van der Waals surface area contributed by atoms with Crippen LogP contribution in [0.5, 0.6) is 0 Å². The van der Waals surface area contributed by atoms with Crippen LogP contribution in [0.15, 0.2) is 25.3 Å². The van der Waals surface area contributed by atoms with Gasteiger partial charge in [-0.05, 0) is 19.9 Å². The molecular weight excluding hydrogens is 244 g/mol. The highest BCUT2D eigenvalue weighted by atomic mass is 16.4. The fourth-order valence-corrected chi connectivity index (χ4v) is 2.25. The predicted octanol–water partition coefficient (Wildman–Crippen LogP) is 0.984. The summed E-state index contributed by atoms with van der Waals surface area (Å²) in [6.07, 6.45) is 3.93. The lowest BCUT2D eigenvalue weighted by Gasteiger charge is -2.24. The normalized spacial score (nSPS) is 23.0. The predicted molar refractivity (Wildman–Crippen MR) is 73.8 cm³/mol. The number of carboxylic acid groups (broad SMARTS) is 1. The van der Waals surface area contributed by atoms with Gasteiger partial charge >= 0.3 is 5.97 Å². The first-order valence-electron chi connectivity index (χ1n) is 6.38. The van der Waals surface area contributed by atoms with Crippen molar-refractivity contribution in [3.63, 3.8) is 0 Å². The SMILES string of the molecule is C=CCN(CC=C)C(=O)CN1CCC(C)(C(=O)O)C1. The Balaban J connectivity index is 2.55. The van der Waals surface area contributed by atoms with E-state index in [1.807, 2.05) is 4.90 Å². The Morgan fingerprint density at radius 3 is 2.37 bits per heavy atom. The van der Waals surface area contributed by atoms with Crippen LogP contribution in [0.4, 0.5) is 0 Å². The molecule has 0 aromatic heterocycles. The lowest BCUT2D eigenvalue weighted by molar-refractivity contribution is -0.147. The summed E-state index contributed by atoms with van der Waals surface area (Å²) < 4.78 is 0. The second kappa shape index (κ2) is 6.52. The molecule has 0 spiro atoms. The Kier molecular flexibility index (Phi) is 5.30. The van der Waals surface area contributed by atoms with E-state index in [0.717, 1.165) is 0 Å². The number of rotatable bonds is 7. The van der Waals surface area contributed by atoms with Crippen LogP contribution in [0.3, 0.4) is 0 Å². The Morgan fingerprint density at radius 1 is 1.37 bits per heavy atom. The largest absolute Gasteiger partial charge is 0.481 e. The van der Waals surface area contributed by atoms with Crippen molar-refractivity contribution >= 4 is 11.9 Å². The minimum atomic E-state index is -0.795. The molecule has 1 heterocycles. The van der Waals surface area contributed by atoms with Gasteiger partial charge in [0.1, 0.15) is 0 Å². The van der Waals surface area contributed by atoms with Gasteiger partial charge in [0.25, 0.3) is 0 Å².